The highest BCUT2D eigenvalue weighted by Crippen LogP contribution is 2.29. The molecule has 1 aromatic rings. The molecule has 1 heterocycles. The smallest absolute Gasteiger partial charge is 0.266 e. The number of nitrogens with zero attached hydrogens (tertiary/aromatic N) is 2. The Bertz CT molecular complexity index is 428. The number of aliphatic hydroxyl groups excluding tert-OH is 1. The molecule has 0 aromatic carbocycles. The summed E-state index contributed by atoms with van der Waals surface area (Å²) in [6.45, 7) is 0.837. The molecule has 16 heavy (non-hydrogen) atoms. The molecule has 1 aromatic heterocycles. The van der Waals surface area contributed by atoms with Crippen LogP contribution in [0.25, 0.3) is 0 Å². The fourth-order valence-electron chi connectivity index (χ4n) is 1.96. The van der Waals surface area contributed by atoms with Crippen LogP contribution in [-0.2, 0) is 0 Å². The summed E-state index contributed by atoms with van der Waals surface area (Å²) in [5.74, 6) is 1.22. The summed E-state index contributed by atoms with van der Waals surface area (Å²) >= 11 is 2.00. The third kappa shape index (κ3) is 2.37. The summed E-state index contributed by atoms with van der Waals surface area (Å²) in [6, 6.07) is 0. The van der Waals surface area contributed by atoms with E-state index in [-0.39, 0.29) is 11.7 Å². The first kappa shape index (κ1) is 11.8. The van der Waals surface area contributed by atoms with Crippen molar-refractivity contribution in [2.45, 2.75) is 18.9 Å². The molecular weight excluding hydrogens is 321 g/mol. The van der Waals surface area contributed by atoms with Crippen molar-refractivity contribution < 1.29 is 5.11 Å². The Labute approximate surface area is 107 Å². The molecular formula is C10H14IN3O2. The molecule has 0 amide bonds. The maximum Gasteiger partial charge on any atom is 0.266 e. The lowest BCUT2D eigenvalue weighted by atomic mass is 9.82. The summed E-state index contributed by atoms with van der Waals surface area (Å²) in [4.78, 5) is 20.1. The predicted octanol–water partition coefficient (Wildman–Crippen LogP) is 0.582. The van der Waals surface area contributed by atoms with Crippen LogP contribution < -0.4 is 10.5 Å². The van der Waals surface area contributed by atoms with Gasteiger partial charge in [0.2, 0.25) is 0 Å². The Hall–Kier alpha value is -0.630. The van der Waals surface area contributed by atoms with Crippen molar-refractivity contribution in [1.82, 2.24) is 9.97 Å². The quantitative estimate of drug-likeness (QED) is 0.793. The van der Waals surface area contributed by atoms with Gasteiger partial charge in [-0.25, -0.2) is 4.98 Å². The van der Waals surface area contributed by atoms with E-state index in [1.165, 1.54) is 6.33 Å². The second-order valence-corrected chi connectivity index (χ2v) is 5.32. The van der Waals surface area contributed by atoms with Gasteiger partial charge < -0.3 is 15.0 Å². The number of aliphatic hydroxyl groups is 1. The summed E-state index contributed by atoms with van der Waals surface area (Å²) < 4.78 is 0.613. The van der Waals surface area contributed by atoms with E-state index in [1.807, 2.05) is 34.5 Å². The molecule has 1 aliphatic carbocycles. The van der Waals surface area contributed by atoms with E-state index in [1.54, 1.807) is 0 Å². The molecule has 0 unspecified atom stereocenters. The van der Waals surface area contributed by atoms with Crippen LogP contribution in [0.2, 0.25) is 0 Å². The fraction of sp³-hybridized carbons (Fsp3) is 0.600. The number of aromatic amines is 1. The van der Waals surface area contributed by atoms with Gasteiger partial charge >= 0.3 is 0 Å². The van der Waals surface area contributed by atoms with E-state index in [0.717, 1.165) is 19.4 Å². The second kappa shape index (κ2) is 4.70. The minimum atomic E-state index is -0.135. The second-order valence-electron chi connectivity index (χ2n) is 4.24. The third-order valence-corrected chi connectivity index (χ3v) is 3.85. The van der Waals surface area contributed by atoms with Crippen LogP contribution >= 0.6 is 22.6 Å². The van der Waals surface area contributed by atoms with Crippen LogP contribution in [0.5, 0.6) is 0 Å². The van der Waals surface area contributed by atoms with Gasteiger partial charge in [-0.2, -0.15) is 0 Å². The Kier molecular flexibility index (Phi) is 3.48. The SMILES string of the molecule is CN(CC1CC(O)C1)c1nc[nH]c(=O)c1I. The Balaban J connectivity index is 2.06. The van der Waals surface area contributed by atoms with E-state index in [0.29, 0.717) is 15.3 Å². The van der Waals surface area contributed by atoms with Gasteiger partial charge in [-0.3, -0.25) is 4.79 Å². The van der Waals surface area contributed by atoms with E-state index >= 15 is 0 Å². The van der Waals surface area contributed by atoms with Crippen LogP contribution in [0.1, 0.15) is 12.8 Å². The number of rotatable bonds is 3. The van der Waals surface area contributed by atoms with E-state index in [9.17, 15) is 9.90 Å². The Morgan fingerprint density at radius 1 is 1.69 bits per heavy atom. The first-order valence-corrected chi connectivity index (χ1v) is 6.28. The molecule has 6 heteroatoms. The zero-order chi connectivity index (χ0) is 11.7. The van der Waals surface area contributed by atoms with Gasteiger partial charge in [0.15, 0.2) is 0 Å². The van der Waals surface area contributed by atoms with Crippen molar-refractivity contribution >= 4 is 28.4 Å². The molecule has 2 rings (SSSR count). The highest BCUT2D eigenvalue weighted by molar-refractivity contribution is 14.1. The van der Waals surface area contributed by atoms with Gasteiger partial charge in [-0.05, 0) is 41.4 Å². The maximum atomic E-state index is 11.4. The van der Waals surface area contributed by atoms with Crippen molar-refractivity contribution in [1.29, 1.82) is 0 Å². The zero-order valence-corrected chi connectivity index (χ0v) is 11.1. The average Bonchev–Trinajstić information content (AvgIpc) is 2.19. The van der Waals surface area contributed by atoms with Crippen LogP contribution in [0.15, 0.2) is 11.1 Å². The van der Waals surface area contributed by atoms with Crippen molar-refractivity contribution in [2.75, 3.05) is 18.5 Å². The summed E-state index contributed by atoms with van der Waals surface area (Å²) in [6.07, 6.45) is 2.99. The van der Waals surface area contributed by atoms with Crippen molar-refractivity contribution in [3.8, 4) is 0 Å². The van der Waals surface area contributed by atoms with Crippen molar-refractivity contribution in [2.24, 2.45) is 5.92 Å². The number of anilines is 1. The lowest BCUT2D eigenvalue weighted by Gasteiger charge is -2.34. The van der Waals surface area contributed by atoms with Crippen molar-refractivity contribution in [3.05, 3.63) is 20.3 Å². The largest absolute Gasteiger partial charge is 0.393 e. The van der Waals surface area contributed by atoms with E-state index in [2.05, 4.69) is 9.97 Å². The van der Waals surface area contributed by atoms with E-state index < -0.39 is 0 Å². The third-order valence-electron chi connectivity index (χ3n) is 2.88. The summed E-state index contributed by atoms with van der Waals surface area (Å²) in [5, 5.41) is 9.21. The molecule has 0 bridgehead atoms. The zero-order valence-electron chi connectivity index (χ0n) is 8.98. The molecule has 88 valence electrons. The molecule has 0 spiro atoms. The number of hydrogen-bond donors (Lipinski definition) is 2. The normalized spacial score (nSPS) is 23.9. The highest BCUT2D eigenvalue weighted by atomic mass is 127. The summed E-state index contributed by atoms with van der Waals surface area (Å²) in [5.41, 5.74) is -0.105. The molecule has 0 radical (unpaired) electrons. The Morgan fingerprint density at radius 2 is 2.38 bits per heavy atom. The number of hydrogen-bond acceptors (Lipinski definition) is 4. The first-order chi connectivity index (χ1) is 7.58. The first-order valence-electron chi connectivity index (χ1n) is 5.20. The van der Waals surface area contributed by atoms with Gasteiger partial charge in [-0.1, -0.05) is 0 Å². The van der Waals surface area contributed by atoms with Gasteiger partial charge in [0.25, 0.3) is 5.56 Å². The van der Waals surface area contributed by atoms with Gasteiger partial charge in [0, 0.05) is 13.6 Å². The standard InChI is InChI=1S/C10H14IN3O2/c1-14(4-6-2-7(15)3-6)9-8(11)10(16)13-5-12-9/h5-7,15H,2-4H2,1H3,(H,12,13,16). The molecule has 1 fully saturated rings. The van der Waals surface area contributed by atoms with Gasteiger partial charge in [0.05, 0.1) is 12.4 Å². The minimum Gasteiger partial charge on any atom is -0.393 e. The molecule has 0 saturated heterocycles. The van der Waals surface area contributed by atoms with Crippen LogP contribution in [-0.4, -0.2) is 34.8 Å². The van der Waals surface area contributed by atoms with Crippen molar-refractivity contribution in [3.63, 3.8) is 0 Å². The van der Waals surface area contributed by atoms with Gasteiger partial charge in [-0.15, -0.1) is 0 Å². The molecule has 1 aliphatic rings. The lowest BCUT2D eigenvalue weighted by molar-refractivity contribution is 0.0464. The minimum absolute atomic E-state index is 0.105. The summed E-state index contributed by atoms with van der Waals surface area (Å²) in [7, 11) is 1.93. The molecule has 0 aliphatic heterocycles. The lowest BCUT2D eigenvalue weighted by Crippen LogP contribution is -2.38. The van der Waals surface area contributed by atoms with Crippen LogP contribution in [0, 0.1) is 9.49 Å². The molecule has 2 N–H and O–H groups in total. The van der Waals surface area contributed by atoms with E-state index in [4.69, 9.17) is 0 Å². The molecule has 1 saturated carbocycles. The van der Waals surface area contributed by atoms with Crippen LogP contribution in [0.4, 0.5) is 5.82 Å². The highest BCUT2D eigenvalue weighted by Gasteiger charge is 2.28. The van der Waals surface area contributed by atoms with Crippen LogP contribution in [0.3, 0.4) is 0 Å². The number of halogens is 1. The predicted molar refractivity (Wildman–Crippen MR) is 69.6 cm³/mol. The number of nitrogens with one attached hydrogen (secondary N) is 1. The monoisotopic (exact) mass is 335 g/mol. The molecule has 0 atom stereocenters. The van der Waals surface area contributed by atoms with Gasteiger partial charge in [0.1, 0.15) is 9.39 Å². The number of H-pyrrole nitrogens is 1. The Morgan fingerprint density at radius 3 is 3.00 bits per heavy atom. The average molecular weight is 335 g/mol. The number of aromatic nitrogens is 2. The molecule has 5 nitrogen and oxygen atoms in total. The topological polar surface area (TPSA) is 69.2 Å². The maximum absolute atomic E-state index is 11.4. The fourth-order valence-corrected chi connectivity index (χ4v) is 2.67.